The number of hydrogen-bond acceptors (Lipinski definition) is 6. The van der Waals surface area contributed by atoms with Gasteiger partial charge in [-0.1, -0.05) is 23.7 Å². The molecule has 8 heteroatoms. The van der Waals surface area contributed by atoms with Crippen LogP contribution in [0, 0.1) is 11.8 Å². The van der Waals surface area contributed by atoms with Gasteiger partial charge in [0.25, 0.3) is 0 Å². The maximum atomic E-state index is 12.8. The smallest absolute Gasteiger partial charge is 0.407 e. The van der Waals surface area contributed by atoms with Crippen LogP contribution in [-0.4, -0.2) is 24.2 Å². The maximum absolute atomic E-state index is 12.8. The number of carbonyl (C=O) groups excluding carboxylic acids is 2. The Labute approximate surface area is 214 Å². The number of rotatable bonds is 5. The molecular weight excluding hydrogens is 482 g/mol. The van der Waals surface area contributed by atoms with Gasteiger partial charge in [-0.05, 0) is 88.3 Å². The van der Waals surface area contributed by atoms with E-state index in [-0.39, 0.29) is 11.9 Å². The van der Waals surface area contributed by atoms with Crippen molar-refractivity contribution in [3.63, 3.8) is 0 Å². The van der Waals surface area contributed by atoms with Gasteiger partial charge in [-0.15, -0.1) is 0 Å². The third kappa shape index (κ3) is 6.66. The molecule has 3 aromatic rings. The first-order valence-electron chi connectivity index (χ1n) is 12.1. The van der Waals surface area contributed by atoms with Crippen LogP contribution in [0.3, 0.4) is 0 Å². The highest BCUT2D eigenvalue weighted by atomic mass is 35.5. The predicted octanol–water partition coefficient (Wildman–Crippen LogP) is 6.35. The monoisotopic (exact) mass is 511 g/mol. The fraction of sp³-hybridized carbons (Fsp3) is 0.393. The standard InChI is InChI=1S/C28H30ClNO6/c1-28(2,3)36-27(33)30-16-17-4-6-19(7-5-17)25(31)34-22-13-10-20-14-23(26(32)35-24(20)15-22)18-8-11-21(29)12-9-18/h8-15,17,19H,4-7,16H2,1-3H3,(H,30,33). The van der Waals surface area contributed by atoms with E-state index in [0.29, 0.717) is 52.8 Å². The second-order valence-electron chi connectivity index (χ2n) is 10.2. The average molecular weight is 512 g/mol. The van der Waals surface area contributed by atoms with E-state index >= 15 is 0 Å². The van der Waals surface area contributed by atoms with Crippen LogP contribution in [0.15, 0.2) is 57.7 Å². The molecular formula is C28H30ClNO6. The van der Waals surface area contributed by atoms with E-state index < -0.39 is 17.3 Å². The highest BCUT2D eigenvalue weighted by Gasteiger charge is 2.28. The van der Waals surface area contributed by atoms with Crippen LogP contribution in [0.1, 0.15) is 46.5 Å². The first-order chi connectivity index (χ1) is 17.1. The van der Waals surface area contributed by atoms with Gasteiger partial charge >= 0.3 is 17.7 Å². The van der Waals surface area contributed by atoms with Gasteiger partial charge in [-0.25, -0.2) is 9.59 Å². The van der Waals surface area contributed by atoms with E-state index in [4.69, 9.17) is 25.5 Å². The Bertz CT molecular complexity index is 1300. The minimum absolute atomic E-state index is 0.210. The second-order valence-corrected chi connectivity index (χ2v) is 10.6. The fourth-order valence-electron chi connectivity index (χ4n) is 4.33. The van der Waals surface area contributed by atoms with Crippen LogP contribution < -0.4 is 15.7 Å². The number of fused-ring (bicyclic) bond motifs is 1. The van der Waals surface area contributed by atoms with E-state index in [1.165, 1.54) is 0 Å². The van der Waals surface area contributed by atoms with E-state index in [0.717, 1.165) is 18.2 Å². The van der Waals surface area contributed by atoms with Crippen molar-refractivity contribution in [2.24, 2.45) is 11.8 Å². The van der Waals surface area contributed by atoms with Gasteiger partial charge in [0.2, 0.25) is 0 Å². The Hall–Kier alpha value is -3.32. The first kappa shape index (κ1) is 25.8. The number of ether oxygens (including phenoxy) is 2. The summed E-state index contributed by atoms with van der Waals surface area (Å²) in [6.45, 7) is 6.00. The summed E-state index contributed by atoms with van der Waals surface area (Å²) in [5.74, 6) is 0.126. The summed E-state index contributed by atoms with van der Waals surface area (Å²) in [6, 6.07) is 13.7. The van der Waals surface area contributed by atoms with Crippen molar-refractivity contribution in [3.8, 4) is 16.9 Å². The zero-order valence-electron chi connectivity index (χ0n) is 20.6. The Balaban J connectivity index is 1.34. The van der Waals surface area contributed by atoms with Crippen molar-refractivity contribution < 1.29 is 23.5 Å². The molecule has 1 saturated carbocycles. The van der Waals surface area contributed by atoms with Crippen LogP contribution >= 0.6 is 11.6 Å². The van der Waals surface area contributed by atoms with Gasteiger partial charge < -0.3 is 19.2 Å². The lowest BCUT2D eigenvalue weighted by atomic mass is 9.82. The summed E-state index contributed by atoms with van der Waals surface area (Å²) in [5.41, 5.74) is 0.478. The van der Waals surface area contributed by atoms with Crippen LogP contribution in [0.25, 0.3) is 22.1 Å². The molecule has 1 N–H and O–H groups in total. The topological polar surface area (TPSA) is 94.8 Å². The van der Waals surface area contributed by atoms with Crippen molar-refractivity contribution >= 4 is 34.6 Å². The van der Waals surface area contributed by atoms with Crippen LogP contribution in [0.2, 0.25) is 5.02 Å². The molecule has 1 aliphatic rings. The minimum atomic E-state index is -0.532. The van der Waals surface area contributed by atoms with Gasteiger partial charge in [-0.2, -0.15) is 0 Å². The van der Waals surface area contributed by atoms with E-state index in [9.17, 15) is 14.4 Å². The lowest BCUT2D eigenvalue weighted by molar-refractivity contribution is -0.140. The molecule has 0 aliphatic heterocycles. The summed E-state index contributed by atoms with van der Waals surface area (Å²) >= 11 is 5.94. The number of hydrogen-bond donors (Lipinski definition) is 1. The zero-order valence-corrected chi connectivity index (χ0v) is 21.4. The Kier molecular flexibility index (Phi) is 7.69. The lowest BCUT2D eigenvalue weighted by Crippen LogP contribution is -2.36. The quantitative estimate of drug-likeness (QED) is 0.243. The Morgan fingerprint density at radius 3 is 2.39 bits per heavy atom. The molecule has 1 aromatic heterocycles. The SMILES string of the molecule is CC(C)(C)OC(=O)NCC1CCC(C(=O)Oc2ccc3cc(-c4ccc(Cl)cc4)c(=O)oc3c2)CC1. The molecule has 0 spiro atoms. The van der Waals surface area contributed by atoms with Crippen molar-refractivity contribution in [2.75, 3.05) is 6.54 Å². The average Bonchev–Trinajstić information content (AvgIpc) is 2.82. The van der Waals surface area contributed by atoms with Gasteiger partial charge in [-0.3, -0.25) is 4.79 Å². The Morgan fingerprint density at radius 1 is 1.03 bits per heavy atom. The predicted molar refractivity (Wildman–Crippen MR) is 138 cm³/mol. The number of esters is 1. The molecule has 0 unspecified atom stereocenters. The molecule has 36 heavy (non-hydrogen) atoms. The molecule has 0 bridgehead atoms. The van der Waals surface area contributed by atoms with Crippen LogP contribution in [-0.2, 0) is 9.53 Å². The number of nitrogens with one attached hydrogen (secondary N) is 1. The summed E-state index contributed by atoms with van der Waals surface area (Å²) in [5, 5.41) is 4.12. The Morgan fingerprint density at radius 2 is 1.72 bits per heavy atom. The van der Waals surface area contributed by atoms with Crippen molar-refractivity contribution in [2.45, 2.75) is 52.1 Å². The normalized spacial score (nSPS) is 18.0. The summed E-state index contributed by atoms with van der Waals surface area (Å²) < 4.78 is 16.4. The van der Waals surface area contributed by atoms with Crippen molar-refractivity contribution in [1.29, 1.82) is 0 Å². The summed E-state index contributed by atoms with van der Waals surface area (Å²) in [4.78, 5) is 37.2. The molecule has 1 amide bonds. The molecule has 190 valence electrons. The molecule has 7 nitrogen and oxygen atoms in total. The number of halogens is 1. The van der Waals surface area contributed by atoms with Crippen LogP contribution in [0.4, 0.5) is 4.79 Å². The van der Waals surface area contributed by atoms with Gasteiger partial charge in [0.1, 0.15) is 16.9 Å². The highest BCUT2D eigenvalue weighted by Crippen LogP contribution is 2.31. The van der Waals surface area contributed by atoms with Crippen molar-refractivity contribution in [1.82, 2.24) is 5.32 Å². The number of carbonyl (C=O) groups is 2. The number of amides is 1. The fourth-order valence-corrected chi connectivity index (χ4v) is 4.46. The summed E-state index contributed by atoms with van der Waals surface area (Å²) in [6.07, 6.45) is 2.58. The number of benzene rings is 2. The molecule has 4 rings (SSSR count). The molecule has 0 saturated heterocycles. The van der Waals surface area contributed by atoms with Gasteiger partial charge in [0, 0.05) is 23.0 Å². The van der Waals surface area contributed by atoms with E-state index in [1.807, 2.05) is 20.8 Å². The third-order valence-corrected chi connectivity index (χ3v) is 6.45. The molecule has 1 aliphatic carbocycles. The lowest BCUT2D eigenvalue weighted by Gasteiger charge is -2.28. The molecule has 0 atom stereocenters. The van der Waals surface area contributed by atoms with Gasteiger partial charge in [0.15, 0.2) is 0 Å². The maximum Gasteiger partial charge on any atom is 0.407 e. The highest BCUT2D eigenvalue weighted by molar-refractivity contribution is 6.30. The minimum Gasteiger partial charge on any atom is -0.444 e. The largest absolute Gasteiger partial charge is 0.444 e. The molecule has 2 aromatic carbocycles. The van der Waals surface area contributed by atoms with Crippen molar-refractivity contribution in [3.05, 3.63) is 64.0 Å². The van der Waals surface area contributed by atoms with E-state index in [1.54, 1.807) is 48.5 Å². The molecule has 1 fully saturated rings. The zero-order chi connectivity index (χ0) is 25.9. The molecule has 0 radical (unpaired) electrons. The van der Waals surface area contributed by atoms with E-state index in [2.05, 4.69) is 5.32 Å². The van der Waals surface area contributed by atoms with Gasteiger partial charge in [0.05, 0.1) is 11.5 Å². The molecule has 1 heterocycles. The summed E-state index contributed by atoms with van der Waals surface area (Å²) in [7, 11) is 0. The second kappa shape index (κ2) is 10.7. The number of alkyl carbamates (subject to hydrolysis) is 1. The van der Waals surface area contributed by atoms with Crippen LogP contribution in [0.5, 0.6) is 5.75 Å². The third-order valence-electron chi connectivity index (χ3n) is 6.20. The first-order valence-corrected chi connectivity index (χ1v) is 12.5.